The molecule has 0 aliphatic carbocycles. The van der Waals surface area contributed by atoms with E-state index in [0.717, 1.165) is 23.7 Å². The molecule has 0 aromatic heterocycles. The highest BCUT2D eigenvalue weighted by molar-refractivity contribution is 7.80. The summed E-state index contributed by atoms with van der Waals surface area (Å²) in [6.07, 6.45) is 7.97. The van der Waals surface area contributed by atoms with Crippen molar-refractivity contribution in [2.45, 2.75) is 77.4 Å². The highest BCUT2D eigenvalue weighted by Gasteiger charge is 2.37. The van der Waals surface area contributed by atoms with Gasteiger partial charge in [0.15, 0.2) is 5.11 Å². The van der Waals surface area contributed by atoms with Crippen LogP contribution >= 0.6 is 12.2 Å². The molecule has 2 aliphatic rings. The van der Waals surface area contributed by atoms with Crippen molar-refractivity contribution < 1.29 is 0 Å². The minimum Gasteiger partial charge on any atom is -0.362 e. The van der Waals surface area contributed by atoms with Crippen LogP contribution < -0.4 is 10.6 Å². The molecule has 2 bridgehead atoms. The van der Waals surface area contributed by atoms with E-state index in [1.807, 2.05) is 0 Å². The van der Waals surface area contributed by atoms with Gasteiger partial charge in [0, 0.05) is 24.7 Å². The molecule has 2 N–H and O–H groups in total. The Kier molecular flexibility index (Phi) is 6.09. The van der Waals surface area contributed by atoms with E-state index < -0.39 is 0 Å². The summed E-state index contributed by atoms with van der Waals surface area (Å²) in [5.41, 5.74) is 0. The van der Waals surface area contributed by atoms with E-state index in [2.05, 4.69) is 36.3 Å². The third-order valence-electron chi connectivity index (χ3n) is 4.61. The first-order valence-electron chi connectivity index (χ1n) is 8.40. The van der Waals surface area contributed by atoms with Gasteiger partial charge in [-0.05, 0) is 56.8 Å². The van der Waals surface area contributed by atoms with E-state index in [0.29, 0.717) is 12.0 Å². The molecule has 3 atom stereocenters. The molecule has 0 aromatic carbocycles. The molecule has 2 fully saturated rings. The molecule has 2 aliphatic heterocycles. The first-order valence-corrected chi connectivity index (χ1v) is 8.81. The van der Waals surface area contributed by atoms with Gasteiger partial charge in [0.25, 0.3) is 0 Å². The molecule has 1 unspecified atom stereocenters. The second-order valence-electron chi connectivity index (χ2n) is 6.89. The second kappa shape index (κ2) is 7.60. The fourth-order valence-electron chi connectivity index (χ4n) is 3.75. The van der Waals surface area contributed by atoms with Crippen LogP contribution in [0.2, 0.25) is 0 Å². The topological polar surface area (TPSA) is 27.3 Å². The molecule has 116 valence electrons. The summed E-state index contributed by atoms with van der Waals surface area (Å²) >= 11 is 5.43. The zero-order valence-electron chi connectivity index (χ0n) is 13.3. The number of fused-ring (bicyclic) bond motifs is 2. The lowest BCUT2D eigenvalue weighted by Crippen LogP contribution is -2.58. The van der Waals surface area contributed by atoms with Crippen molar-refractivity contribution in [1.29, 1.82) is 0 Å². The van der Waals surface area contributed by atoms with Gasteiger partial charge in [-0.25, -0.2) is 0 Å². The standard InChI is InChI=1S/C16H31N3S/c1-4-8-19-14-6-5-7-15(19)10-13(9-14)18-16(20)17-11-12(2)3/h12-15H,4-11H2,1-3H3,(H2,17,18,20)/t13?,14-,15+. The summed E-state index contributed by atoms with van der Waals surface area (Å²) in [5, 5.41) is 7.75. The van der Waals surface area contributed by atoms with Crippen molar-refractivity contribution in [2.24, 2.45) is 5.92 Å². The highest BCUT2D eigenvalue weighted by Crippen LogP contribution is 2.34. The number of hydrogen-bond donors (Lipinski definition) is 2. The number of piperidine rings is 2. The zero-order chi connectivity index (χ0) is 14.5. The first-order chi connectivity index (χ1) is 9.60. The molecule has 2 saturated heterocycles. The molecule has 0 radical (unpaired) electrons. The fraction of sp³-hybridized carbons (Fsp3) is 0.938. The van der Waals surface area contributed by atoms with Crippen LogP contribution in [0.3, 0.4) is 0 Å². The maximum atomic E-state index is 5.43. The van der Waals surface area contributed by atoms with Crippen LogP contribution in [-0.4, -0.2) is 41.2 Å². The lowest BCUT2D eigenvalue weighted by Gasteiger charge is -2.49. The van der Waals surface area contributed by atoms with Crippen LogP contribution in [0.4, 0.5) is 0 Å². The minimum absolute atomic E-state index is 0.575. The number of nitrogens with one attached hydrogen (secondary N) is 2. The molecule has 3 nitrogen and oxygen atoms in total. The van der Waals surface area contributed by atoms with Crippen molar-refractivity contribution in [3.63, 3.8) is 0 Å². The molecule has 0 aromatic rings. The summed E-state index contributed by atoms with van der Waals surface area (Å²) in [6.45, 7) is 8.96. The van der Waals surface area contributed by atoms with Gasteiger partial charge in [-0.3, -0.25) is 4.90 Å². The quantitative estimate of drug-likeness (QED) is 0.763. The number of thiocarbonyl (C=S) groups is 1. The smallest absolute Gasteiger partial charge is 0.166 e. The van der Waals surface area contributed by atoms with E-state index in [9.17, 15) is 0 Å². The molecule has 2 heterocycles. The molecular formula is C16H31N3S. The summed E-state index contributed by atoms with van der Waals surface area (Å²) in [5.74, 6) is 0.639. The second-order valence-corrected chi connectivity index (χ2v) is 7.30. The minimum atomic E-state index is 0.575. The lowest BCUT2D eigenvalue weighted by molar-refractivity contribution is 0.0282. The van der Waals surface area contributed by atoms with Crippen molar-refractivity contribution in [2.75, 3.05) is 13.1 Å². The highest BCUT2D eigenvalue weighted by atomic mass is 32.1. The molecule has 4 heteroatoms. The van der Waals surface area contributed by atoms with Crippen molar-refractivity contribution >= 4 is 17.3 Å². The maximum Gasteiger partial charge on any atom is 0.166 e. The van der Waals surface area contributed by atoms with Crippen LogP contribution in [0.15, 0.2) is 0 Å². The Morgan fingerprint density at radius 3 is 2.45 bits per heavy atom. The molecule has 20 heavy (non-hydrogen) atoms. The van der Waals surface area contributed by atoms with Crippen LogP contribution in [0.5, 0.6) is 0 Å². The van der Waals surface area contributed by atoms with Gasteiger partial charge in [0.05, 0.1) is 0 Å². The van der Waals surface area contributed by atoms with Gasteiger partial charge >= 0.3 is 0 Å². The van der Waals surface area contributed by atoms with E-state index in [1.165, 1.54) is 45.1 Å². The monoisotopic (exact) mass is 297 g/mol. The average molecular weight is 298 g/mol. The van der Waals surface area contributed by atoms with Crippen LogP contribution in [0.1, 0.15) is 59.3 Å². The largest absolute Gasteiger partial charge is 0.362 e. The predicted octanol–water partition coefficient (Wildman–Crippen LogP) is 2.90. The van der Waals surface area contributed by atoms with E-state index in [1.54, 1.807) is 0 Å². The Labute approximate surface area is 129 Å². The van der Waals surface area contributed by atoms with Gasteiger partial charge in [-0.15, -0.1) is 0 Å². The molecular weight excluding hydrogens is 266 g/mol. The summed E-state index contributed by atoms with van der Waals surface area (Å²) < 4.78 is 0. The number of nitrogens with zero attached hydrogens (tertiary/aromatic N) is 1. The van der Waals surface area contributed by atoms with Crippen molar-refractivity contribution in [1.82, 2.24) is 15.5 Å². The summed E-state index contributed by atoms with van der Waals surface area (Å²) in [4.78, 5) is 2.77. The Hall–Kier alpha value is -0.350. The molecule has 0 spiro atoms. The Morgan fingerprint density at radius 2 is 1.90 bits per heavy atom. The molecule has 0 saturated carbocycles. The zero-order valence-corrected chi connectivity index (χ0v) is 14.1. The normalized spacial score (nSPS) is 30.3. The molecule has 2 rings (SSSR count). The third kappa shape index (κ3) is 4.32. The SMILES string of the molecule is CCCN1[C@@H]2CCC[C@H]1CC(NC(=S)NCC(C)C)C2. The van der Waals surface area contributed by atoms with Crippen LogP contribution in [-0.2, 0) is 0 Å². The third-order valence-corrected chi connectivity index (χ3v) is 4.88. The first kappa shape index (κ1) is 16.0. The van der Waals surface area contributed by atoms with E-state index >= 15 is 0 Å². The fourth-order valence-corrected chi connectivity index (χ4v) is 4.00. The maximum absolute atomic E-state index is 5.43. The van der Waals surface area contributed by atoms with Gasteiger partial charge in [-0.2, -0.15) is 0 Å². The van der Waals surface area contributed by atoms with Gasteiger partial charge in [0.1, 0.15) is 0 Å². The van der Waals surface area contributed by atoms with E-state index in [4.69, 9.17) is 12.2 Å². The van der Waals surface area contributed by atoms with Gasteiger partial charge in [-0.1, -0.05) is 27.2 Å². The van der Waals surface area contributed by atoms with Crippen LogP contribution in [0, 0.1) is 5.92 Å². The predicted molar refractivity (Wildman–Crippen MR) is 90.0 cm³/mol. The number of hydrogen-bond acceptors (Lipinski definition) is 2. The lowest BCUT2D eigenvalue weighted by atomic mass is 9.81. The number of rotatable bonds is 5. The van der Waals surface area contributed by atoms with E-state index in [-0.39, 0.29) is 0 Å². The Balaban J connectivity index is 1.82. The summed E-state index contributed by atoms with van der Waals surface area (Å²) in [7, 11) is 0. The van der Waals surface area contributed by atoms with Crippen molar-refractivity contribution in [3.05, 3.63) is 0 Å². The van der Waals surface area contributed by atoms with Gasteiger partial charge in [0.2, 0.25) is 0 Å². The average Bonchev–Trinajstić information content (AvgIpc) is 2.37. The van der Waals surface area contributed by atoms with Gasteiger partial charge < -0.3 is 10.6 Å². The molecule has 0 amide bonds. The van der Waals surface area contributed by atoms with Crippen LogP contribution in [0.25, 0.3) is 0 Å². The van der Waals surface area contributed by atoms with Crippen molar-refractivity contribution in [3.8, 4) is 0 Å². The Morgan fingerprint density at radius 1 is 1.25 bits per heavy atom. The Bertz CT molecular complexity index is 305. The summed E-state index contributed by atoms with van der Waals surface area (Å²) in [6, 6.07) is 2.14.